The summed E-state index contributed by atoms with van der Waals surface area (Å²) in [5, 5.41) is 11.4. The van der Waals surface area contributed by atoms with Crippen LogP contribution in [-0.4, -0.2) is 14.8 Å². The Kier molecular flexibility index (Phi) is 3.93. The minimum absolute atomic E-state index is 0.229. The quantitative estimate of drug-likeness (QED) is 0.832. The van der Waals surface area contributed by atoms with Gasteiger partial charge >= 0.3 is 0 Å². The van der Waals surface area contributed by atoms with Crippen molar-refractivity contribution in [3.63, 3.8) is 0 Å². The number of furan rings is 1. The van der Waals surface area contributed by atoms with Gasteiger partial charge in [-0.2, -0.15) is 0 Å². The molecular weight excluding hydrogens is 216 g/mol. The normalized spacial score (nSPS) is 12.8. The van der Waals surface area contributed by atoms with Crippen LogP contribution < -0.4 is 5.32 Å². The Labute approximate surface area is 101 Å². The molecule has 92 valence electrons. The third-order valence-corrected chi connectivity index (χ3v) is 2.84. The number of aryl methyl sites for hydroxylation is 1. The maximum atomic E-state index is 5.41. The van der Waals surface area contributed by atoms with Crippen LogP contribution in [0.15, 0.2) is 29.1 Å². The van der Waals surface area contributed by atoms with Crippen LogP contribution in [0, 0.1) is 0 Å². The topological polar surface area (TPSA) is 55.9 Å². The van der Waals surface area contributed by atoms with Crippen molar-refractivity contribution in [3.8, 4) is 0 Å². The average molecular weight is 234 g/mol. The summed E-state index contributed by atoms with van der Waals surface area (Å²) in [6.07, 6.45) is 4.44. The fourth-order valence-electron chi connectivity index (χ4n) is 1.83. The summed E-state index contributed by atoms with van der Waals surface area (Å²) < 4.78 is 7.44. The van der Waals surface area contributed by atoms with Gasteiger partial charge in [0.1, 0.15) is 17.9 Å². The molecule has 0 saturated heterocycles. The summed E-state index contributed by atoms with van der Waals surface area (Å²) >= 11 is 0. The summed E-state index contributed by atoms with van der Waals surface area (Å²) in [6, 6.07) is 4.13. The minimum atomic E-state index is 0.229. The zero-order valence-electron chi connectivity index (χ0n) is 10.3. The van der Waals surface area contributed by atoms with Crippen molar-refractivity contribution in [3.05, 3.63) is 36.3 Å². The van der Waals surface area contributed by atoms with E-state index in [1.165, 1.54) is 0 Å². The van der Waals surface area contributed by atoms with E-state index < -0.39 is 0 Å². The van der Waals surface area contributed by atoms with Crippen LogP contribution in [0.25, 0.3) is 0 Å². The van der Waals surface area contributed by atoms with Crippen LogP contribution in [0.4, 0.5) is 0 Å². The molecule has 1 N–H and O–H groups in total. The number of nitrogens with zero attached hydrogens (tertiary/aromatic N) is 3. The van der Waals surface area contributed by atoms with Crippen molar-refractivity contribution >= 4 is 0 Å². The van der Waals surface area contributed by atoms with Gasteiger partial charge in [-0.25, -0.2) is 0 Å². The van der Waals surface area contributed by atoms with Gasteiger partial charge in [-0.3, -0.25) is 0 Å². The predicted octanol–water partition coefficient (Wildman–Crippen LogP) is 2.13. The van der Waals surface area contributed by atoms with E-state index in [-0.39, 0.29) is 6.04 Å². The Hall–Kier alpha value is -1.62. The van der Waals surface area contributed by atoms with E-state index in [1.807, 2.05) is 16.7 Å². The molecule has 0 radical (unpaired) electrons. The number of hydrogen-bond acceptors (Lipinski definition) is 4. The first kappa shape index (κ1) is 11.9. The number of aromatic nitrogens is 3. The van der Waals surface area contributed by atoms with Gasteiger partial charge in [0.15, 0.2) is 0 Å². The molecule has 2 rings (SSSR count). The molecule has 2 aromatic rings. The summed E-state index contributed by atoms with van der Waals surface area (Å²) in [5.74, 6) is 1.92. The summed E-state index contributed by atoms with van der Waals surface area (Å²) in [4.78, 5) is 0. The molecule has 0 aliphatic carbocycles. The molecule has 1 atom stereocenters. The lowest BCUT2D eigenvalue weighted by Crippen LogP contribution is -2.22. The zero-order valence-corrected chi connectivity index (χ0v) is 10.3. The lowest BCUT2D eigenvalue weighted by molar-refractivity contribution is 0.397. The molecule has 0 aliphatic rings. The highest BCUT2D eigenvalue weighted by Gasteiger charge is 2.12. The molecule has 0 saturated carbocycles. The third kappa shape index (κ3) is 2.74. The molecular formula is C12H18N4O. The Bertz CT molecular complexity index is 435. The molecule has 2 heterocycles. The molecule has 2 aromatic heterocycles. The minimum Gasteiger partial charge on any atom is -0.468 e. The summed E-state index contributed by atoms with van der Waals surface area (Å²) in [5.41, 5.74) is 0. The van der Waals surface area contributed by atoms with Crippen LogP contribution in [0.2, 0.25) is 0 Å². The van der Waals surface area contributed by atoms with Crippen LogP contribution in [-0.2, 0) is 13.1 Å². The molecule has 0 amide bonds. The molecule has 5 nitrogen and oxygen atoms in total. The first-order valence-corrected chi connectivity index (χ1v) is 5.98. The molecule has 0 aliphatic heterocycles. The van der Waals surface area contributed by atoms with Crippen molar-refractivity contribution < 1.29 is 4.42 Å². The zero-order chi connectivity index (χ0) is 12.1. The molecule has 5 heteroatoms. The van der Waals surface area contributed by atoms with E-state index in [9.17, 15) is 0 Å². The average Bonchev–Trinajstić information content (AvgIpc) is 2.99. The number of rotatable bonds is 6. The summed E-state index contributed by atoms with van der Waals surface area (Å²) in [6.45, 7) is 5.80. The molecule has 1 unspecified atom stereocenters. The first-order chi connectivity index (χ1) is 8.35. The van der Waals surface area contributed by atoms with E-state index in [1.54, 1.807) is 12.6 Å². The highest BCUT2D eigenvalue weighted by atomic mass is 16.3. The van der Waals surface area contributed by atoms with Gasteiger partial charge in [0.05, 0.1) is 18.8 Å². The highest BCUT2D eigenvalue weighted by molar-refractivity contribution is 5.04. The lowest BCUT2D eigenvalue weighted by atomic mass is 10.2. The maximum absolute atomic E-state index is 5.41. The van der Waals surface area contributed by atoms with Crippen LogP contribution in [0.5, 0.6) is 0 Å². The lowest BCUT2D eigenvalue weighted by Gasteiger charge is -2.14. The van der Waals surface area contributed by atoms with Gasteiger partial charge in [0.2, 0.25) is 0 Å². The van der Waals surface area contributed by atoms with Crippen molar-refractivity contribution in [2.24, 2.45) is 0 Å². The molecule has 17 heavy (non-hydrogen) atoms. The molecule has 0 aromatic carbocycles. The largest absolute Gasteiger partial charge is 0.468 e. The standard InChI is InChI=1S/C12H18N4O/c1-3-10(11-6-5-7-17-11)13-8-12-15-14-9-16(12)4-2/h5-7,9-10,13H,3-4,8H2,1-2H3. The molecule has 0 spiro atoms. The molecule has 0 fully saturated rings. The summed E-state index contributed by atoms with van der Waals surface area (Å²) in [7, 11) is 0. The predicted molar refractivity (Wildman–Crippen MR) is 64.3 cm³/mol. The van der Waals surface area contributed by atoms with E-state index in [2.05, 4.69) is 29.4 Å². The SMILES string of the molecule is CCC(NCc1nncn1CC)c1ccco1. The van der Waals surface area contributed by atoms with Crippen molar-refractivity contribution in [2.45, 2.75) is 39.4 Å². The second kappa shape index (κ2) is 5.63. The van der Waals surface area contributed by atoms with Crippen LogP contribution in [0.3, 0.4) is 0 Å². The monoisotopic (exact) mass is 234 g/mol. The van der Waals surface area contributed by atoms with Crippen molar-refractivity contribution in [1.29, 1.82) is 0 Å². The van der Waals surface area contributed by atoms with Gasteiger partial charge in [0, 0.05) is 6.54 Å². The van der Waals surface area contributed by atoms with E-state index in [4.69, 9.17) is 4.42 Å². The van der Waals surface area contributed by atoms with E-state index in [0.29, 0.717) is 6.54 Å². The number of nitrogens with one attached hydrogen (secondary N) is 1. The van der Waals surface area contributed by atoms with Gasteiger partial charge in [-0.15, -0.1) is 10.2 Å². The highest BCUT2D eigenvalue weighted by Crippen LogP contribution is 2.17. The Morgan fingerprint density at radius 3 is 3.00 bits per heavy atom. The fourth-order valence-corrected chi connectivity index (χ4v) is 1.83. The van der Waals surface area contributed by atoms with Crippen LogP contribution >= 0.6 is 0 Å². The Morgan fingerprint density at radius 2 is 2.35 bits per heavy atom. The molecule has 0 bridgehead atoms. The van der Waals surface area contributed by atoms with Gasteiger partial charge < -0.3 is 14.3 Å². The van der Waals surface area contributed by atoms with Crippen LogP contribution in [0.1, 0.15) is 37.9 Å². The Balaban J connectivity index is 1.97. The van der Waals surface area contributed by atoms with E-state index >= 15 is 0 Å². The number of hydrogen-bond donors (Lipinski definition) is 1. The fraction of sp³-hybridized carbons (Fsp3) is 0.500. The van der Waals surface area contributed by atoms with Gasteiger partial charge in [-0.05, 0) is 25.5 Å². The smallest absolute Gasteiger partial charge is 0.146 e. The van der Waals surface area contributed by atoms with Gasteiger partial charge in [-0.1, -0.05) is 6.92 Å². The van der Waals surface area contributed by atoms with Gasteiger partial charge in [0.25, 0.3) is 0 Å². The van der Waals surface area contributed by atoms with Crippen molar-refractivity contribution in [2.75, 3.05) is 0 Å². The first-order valence-electron chi connectivity index (χ1n) is 5.98. The Morgan fingerprint density at radius 1 is 1.47 bits per heavy atom. The second-order valence-corrected chi connectivity index (χ2v) is 3.89. The second-order valence-electron chi connectivity index (χ2n) is 3.89. The third-order valence-electron chi connectivity index (χ3n) is 2.84. The van der Waals surface area contributed by atoms with Crippen molar-refractivity contribution in [1.82, 2.24) is 20.1 Å². The maximum Gasteiger partial charge on any atom is 0.146 e. The van der Waals surface area contributed by atoms with E-state index in [0.717, 1.165) is 24.6 Å².